The molecule has 29 nitrogen and oxygen atoms in total. The van der Waals surface area contributed by atoms with Crippen LogP contribution < -0.4 is 59.3 Å². The number of carbonyl (C=O) groups is 13. The second-order valence-corrected chi connectivity index (χ2v) is 23.0. The lowest BCUT2D eigenvalue weighted by molar-refractivity contribution is -0.142. The van der Waals surface area contributed by atoms with E-state index in [-0.39, 0.29) is 44.4 Å². The van der Waals surface area contributed by atoms with Crippen LogP contribution in [0.25, 0.3) is 0 Å². The Morgan fingerprint density at radius 3 is 1.40 bits per heavy atom. The van der Waals surface area contributed by atoms with Gasteiger partial charge >= 0.3 is 11.9 Å². The molecule has 0 saturated carbocycles. The number of hydrogen-bond donors (Lipinski definition) is 15. The highest BCUT2D eigenvalue weighted by Crippen LogP contribution is 2.13. The van der Waals surface area contributed by atoms with Gasteiger partial charge in [-0.15, -0.1) is 0 Å². The number of aromatic amines is 1. The zero-order valence-electron chi connectivity index (χ0n) is 50.1. The minimum Gasteiger partial charge on any atom is -0.481 e. The Morgan fingerprint density at radius 2 is 0.955 bits per heavy atom. The van der Waals surface area contributed by atoms with Crippen LogP contribution in [0.1, 0.15) is 83.5 Å². The number of benzene rings is 2. The molecule has 0 aliphatic heterocycles. The Hall–Kier alpha value is -8.58. The maximum absolute atomic E-state index is 14.6. The van der Waals surface area contributed by atoms with E-state index in [0.717, 1.165) is 6.92 Å². The molecule has 0 aliphatic carbocycles. The largest absolute Gasteiger partial charge is 0.481 e. The standard InChI is InChI=1S/C55H79N13O14S2.C2H4O2/c1-30(2)21-38(50(77)62-36(47(57)74)17-19-83-5)61-43(69)28-59-55(82)46(31(3)4)68-54(81)40(23-33-15-11-8-12-16-33)65-51(78)39(22-32-13-9-7-10-14-32)64-53(80)42(26-45(72)73)67-52(79)41(24-34-27-58-29-60-34)66-49(76)37(18-20-84-6)63-48(75)35(56)25-44(70)71;1-2(3)4/h7-16,27,29-31,35-42,46H,17-26,28,56H2,1-6H3,(H2,57,74)(H,58,60)(H,59,82)(H,61,69)(H,62,77)(H,63,75)(H,64,80)(H,65,78)(H,66,76)(H,67,79)(H,68,81)(H,70,71)(H,72,73);1H3,(H,3,4). The molecule has 17 N–H and O–H groups in total. The van der Waals surface area contributed by atoms with Crippen molar-refractivity contribution in [1.29, 1.82) is 0 Å². The fourth-order valence-electron chi connectivity index (χ4n) is 8.29. The minimum atomic E-state index is -1.90. The lowest BCUT2D eigenvalue weighted by atomic mass is 9.99. The number of rotatable bonds is 38. The van der Waals surface area contributed by atoms with Crippen LogP contribution >= 0.6 is 23.5 Å². The van der Waals surface area contributed by atoms with Gasteiger partial charge in [-0.05, 0) is 66.2 Å². The molecule has 3 aromatic rings. The molecule has 0 spiro atoms. The van der Waals surface area contributed by atoms with Crippen molar-refractivity contribution in [3.8, 4) is 0 Å². The molecule has 1 heterocycles. The van der Waals surface area contributed by atoms with E-state index in [1.807, 2.05) is 20.1 Å². The number of carboxylic acids is 3. The molecule has 10 amide bonds. The van der Waals surface area contributed by atoms with Crippen LogP contribution in [0.15, 0.2) is 73.2 Å². The zero-order valence-corrected chi connectivity index (χ0v) is 51.8. The molecule has 9 unspecified atom stereocenters. The second kappa shape index (κ2) is 40.0. The molecule has 0 bridgehead atoms. The predicted octanol–water partition coefficient (Wildman–Crippen LogP) is -1.51. The molecule has 484 valence electrons. The SMILES string of the molecule is CC(=O)O.CSCCC(NC(=O)C(CC(C)C)NC(=O)CNC(=O)C(NC(=O)C(Cc1ccccc1)NC(=O)C(Cc1ccccc1)NC(=O)C(CC(=O)O)NC(=O)C(Cc1cnc[nH]1)NC(=O)C(CCSC)NC(=O)C(N)CC(=O)O)C(C)C)C(N)=O. The van der Waals surface area contributed by atoms with E-state index in [0.29, 0.717) is 28.3 Å². The average Bonchev–Trinajstić information content (AvgIpc) is 3.61. The number of amides is 10. The number of primary amides is 1. The van der Waals surface area contributed by atoms with E-state index >= 15 is 0 Å². The summed E-state index contributed by atoms with van der Waals surface area (Å²) in [5.74, 6) is -12.4. The molecule has 0 aliphatic rings. The lowest BCUT2D eigenvalue weighted by Gasteiger charge is -2.28. The maximum Gasteiger partial charge on any atom is 0.305 e. The monoisotopic (exact) mass is 1270 g/mol. The summed E-state index contributed by atoms with van der Waals surface area (Å²) in [7, 11) is 0. The molecule has 3 rings (SSSR count). The Morgan fingerprint density at radius 1 is 0.534 bits per heavy atom. The third-order valence-electron chi connectivity index (χ3n) is 12.7. The topological polar surface area (TPSA) is 472 Å². The van der Waals surface area contributed by atoms with Crippen molar-refractivity contribution in [2.75, 3.05) is 30.6 Å². The molecule has 1 aromatic heterocycles. The summed E-state index contributed by atoms with van der Waals surface area (Å²) in [6.45, 7) is 7.37. The zero-order chi connectivity index (χ0) is 66.0. The third kappa shape index (κ3) is 29.7. The number of nitrogens with one attached hydrogen (secondary N) is 10. The summed E-state index contributed by atoms with van der Waals surface area (Å²) in [4.78, 5) is 176. The van der Waals surface area contributed by atoms with Crippen molar-refractivity contribution < 1.29 is 77.6 Å². The van der Waals surface area contributed by atoms with Gasteiger partial charge in [0.15, 0.2) is 0 Å². The first-order valence-corrected chi connectivity index (χ1v) is 30.7. The van der Waals surface area contributed by atoms with Gasteiger partial charge in [0.05, 0.1) is 31.8 Å². The van der Waals surface area contributed by atoms with Gasteiger partial charge in [0.1, 0.15) is 48.3 Å². The number of nitrogens with two attached hydrogens (primary N) is 2. The first-order valence-electron chi connectivity index (χ1n) is 28.0. The fourth-order valence-corrected chi connectivity index (χ4v) is 9.23. The molecule has 0 saturated heterocycles. The van der Waals surface area contributed by atoms with E-state index in [1.165, 1.54) is 36.0 Å². The molecular formula is C57H83N13O16S2. The molecular weight excluding hydrogens is 1190 g/mol. The number of carbonyl (C=O) groups excluding carboxylic acids is 10. The van der Waals surface area contributed by atoms with Gasteiger partial charge in [-0.25, -0.2) is 4.98 Å². The lowest BCUT2D eigenvalue weighted by Crippen LogP contribution is -2.61. The van der Waals surface area contributed by atoms with Gasteiger partial charge in [0.25, 0.3) is 5.97 Å². The van der Waals surface area contributed by atoms with Crippen molar-refractivity contribution in [2.45, 2.75) is 140 Å². The normalized spacial score (nSPS) is 13.9. The molecule has 9 atom stereocenters. The summed E-state index contributed by atoms with van der Waals surface area (Å²) in [6.07, 6.45) is 4.23. The third-order valence-corrected chi connectivity index (χ3v) is 14.0. The number of H-pyrrole nitrogens is 1. The minimum absolute atomic E-state index is 0.0124. The quantitative estimate of drug-likeness (QED) is 0.0310. The molecule has 0 radical (unpaired) electrons. The Labute approximate surface area is 518 Å². The smallest absolute Gasteiger partial charge is 0.305 e. The number of hydrogen-bond acceptors (Lipinski definition) is 17. The van der Waals surface area contributed by atoms with Gasteiger partial charge < -0.3 is 79.6 Å². The summed E-state index contributed by atoms with van der Waals surface area (Å²) >= 11 is 2.78. The van der Waals surface area contributed by atoms with E-state index in [2.05, 4.69) is 57.8 Å². The van der Waals surface area contributed by atoms with E-state index in [4.69, 9.17) is 26.5 Å². The molecule has 2 aromatic carbocycles. The summed E-state index contributed by atoms with van der Waals surface area (Å²) in [6, 6.07) is 4.14. The van der Waals surface area contributed by atoms with Crippen molar-refractivity contribution in [2.24, 2.45) is 23.3 Å². The highest BCUT2D eigenvalue weighted by atomic mass is 32.2. The summed E-state index contributed by atoms with van der Waals surface area (Å²) < 4.78 is 0. The molecule has 0 fully saturated rings. The number of aromatic nitrogens is 2. The summed E-state index contributed by atoms with van der Waals surface area (Å²) in [5, 5.41) is 49.5. The number of imidazole rings is 1. The fraction of sp³-hybridized carbons (Fsp3) is 0.509. The van der Waals surface area contributed by atoms with Crippen LogP contribution in [-0.4, -0.2) is 187 Å². The van der Waals surface area contributed by atoms with Crippen LogP contribution in [-0.2, 0) is 81.6 Å². The number of thioether (sulfide) groups is 2. The van der Waals surface area contributed by atoms with Crippen LogP contribution in [0.2, 0.25) is 0 Å². The van der Waals surface area contributed by atoms with Crippen molar-refractivity contribution in [3.05, 3.63) is 90.0 Å². The average molecular weight is 1270 g/mol. The Kier molecular flexibility index (Phi) is 34.3. The van der Waals surface area contributed by atoms with Gasteiger partial charge in [0, 0.05) is 38.1 Å². The Balaban J connectivity index is 0.00000639. The van der Waals surface area contributed by atoms with Crippen molar-refractivity contribution in [3.63, 3.8) is 0 Å². The highest BCUT2D eigenvalue weighted by Gasteiger charge is 2.36. The van der Waals surface area contributed by atoms with Crippen molar-refractivity contribution in [1.82, 2.24) is 57.8 Å². The van der Waals surface area contributed by atoms with Crippen molar-refractivity contribution >= 4 is 101 Å². The van der Waals surface area contributed by atoms with Crippen LogP contribution in [0, 0.1) is 11.8 Å². The van der Waals surface area contributed by atoms with E-state index < -0.39 is 157 Å². The Bertz CT molecular complexity index is 2790. The predicted molar refractivity (Wildman–Crippen MR) is 326 cm³/mol. The van der Waals surface area contributed by atoms with E-state index in [1.54, 1.807) is 80.8 Å². The summed E-state index contributed by atoms with van der Waals surface area (Å²) in [5.41, 5.74) is 12.7. The van der Waals surface area contributed by atoms with Crippen LogP contribution in [0.4, 0.5) is 0 Å². The van der Waals surface area contributed by atoms with Gasteiger partial charge in [-0.3, -0.25) is 62.3 Å². The molecule has 88 heavy (non-hydrogen) atoms. The highest BCUT2D eigenvalue weighted by molar-refractivity contribution is 7.98. The molecule has 31 heteroatoms. The second-order valence-electron chi connectivity index (χ2n) is 21.0. The van der Waals surface area contributed by atoms with Crippen LogP contribution in [0.3, 0.4) is 0 Å². The van der Waals surface area contributed by atoms with E-state index in [9.17, 15) is 62.6 Å². The van der Waals surface area contributed by atoms with Crippen LogP contribution in [0.5, 0.6) is 0 Å². The first kappa shape index (κ1) is 75.5. The van der Waals surface area contributed by atoms with Gasteiger partial charge in [-0.2, -0.15) is 23.5 Å². The first-order chi connectivity index (χ1) is 41.5. The maximum atomic E-state index is 14.6. The van der Waals surface area contributed by atoms with Gasteiger partial charge in [-0.1, -0.05) is 88.4 Å². The number of nitrogens with zero attached hydrogens (tertiary/aromatic N) is 1. The number of carboxylic acid groups (broad SMARTS) is 3. The number of aliphatic carboxylic acids is 3. The van der Waals surface area contributed by atoms with Gasteiger partial charge in [0.2, 0.25) is 59.1 Å².